The van der Waals surface area contributed by atoms with Crippen molar-refractivity contribution in [3.63, 3.8) is 0 Å². The van der Waals surface area contributed by atoms with Crippen molar-refractivity contribution in [2.75, 3.05) is 27.6 Å². The summed E-state index contributed by atoms with van der Waals surface area (Å²) >= 11 is 0. The van der Waals surface area contributed by atoms with Crippen molar-refractivity contribution < 1.29 is 18.9 Å². The molecule has 0 N–H and O–H groups in total. The molecule has 4 nitrogen and oxygen atoms in total. The normalized spacial score (nSPS) is 23.4. The molecule has 1 fully saturated rings. The van der Waals surface area contributed by atoms with Crippen LogP contribution in [0.1, 0.15) is 5.56 Å². The van der Waals surface area contributed by atoms with Gasteiger partial charge in [-0.25, -0.2) is 0 Å². The van der Waals surface area contributed by atoms with Gasteiger partial charge in [0.05, 0.1) is 20.8 Å². The van der Waals surface area contributed by atoms with Crippen molar-refractivity contribution in [1.29, 1.82) is 0 Å². The molecule has 1 atom stereocenters. The maximum absolute atomic E-state index is 5.63. The fraction of sp³-hybridized carbons (Fsp3) is 0.385. The summed E-state index contributed by atoms with van der Waals surface area (Å²) in [6.07, 6.45) is 1.74. The Morgan fingerprint density at radius 1 is 1.35 bits per heavy atom. The Labute approximate surface area is 101 Å². The Morgan fingerprint density at radius 3 is 2.71 bits per heavy atom. The first-order valence-corrected chi connectivity index (χ1v) is 5.33. The van der Waals surface area contributed by atoms with E-state index in [-0.39, 0.29) is 6.79 Å². The molecule has 0 unspecified atom stereocenters. The van der Waals surface area contributed by atoms with E-state index in [1.807, 2.05) is 18.2 Å². The average molecular weight is 236 g/mol. The molecule has 1 heterocycles. The highest BCUT2D eigenvalue weighted by molar-refractivity contribution is 5.46. The van der Waals surface area contributed by atoms with Crippen LogP contribution in [0.3, 0.4) is 0 Å². The lowest BCUT2D eigenvalue weighted by Crippen LogP contribution is -2.26. The van der Waals surface area contributed by atoms with E-state index in [1.165, 1.54) is 0 Å². The third kappa shape index (κ3) is 2.01. The summed E-state index contributed by atoms with van der Waals surface area (Å²) in [5.41, 5.74) is 0.269. The van der Waals surface area contributed by atoms with Gasteiger partial charge in [-0.3, -0.25) is 0 Å². The molecule has 92 valence electrons. The van der Waals surface area contributed by atoms with Crippen molar-refractivity contribution in [1.82, 2.24) is 0 Å². The van der Waals surface area contributed by atoms with Crippen LogP contribution in [-0.4, -0.2) is 27.6 Å². The summed E-state index contributed by atoms with van der Waals surface area (Å²) in [6.45, 7) is 4.53. The van der Waals surface area contributed by atoms with Gasteiger partial charge in [0.1, 0.15) is 23.9 Å². The quantitative estimate of drug-likeness (QED) is 0.750. The molecule has 0 amide bonds. The van der Waals surface area contributed by atoms with Crippen LogP contribution in [-0.2, 0) is 15.1 Å². The standard InChI is InChI=1S/C13H16O4/c1-4-13(8-16-9-17-13)11-6-5-10(14-2)7-12(11)15-3/h4-7H,1,8-9H2,2-3H3/t13-/m0/s1. The van der Waals surface area contributed by atoms with Crippen LogP contribution in [0, 0.1) is 0 Å². The third-order valence-corrected chi connectivity index (χ3v) is 2.91. The van der Waals surface area contributed by atoms with Crippen LogP contribution in [0.4, 0.5) is 0 Å². The zero-order valence-corrected chi connectivity index (χ0v) is 10.1. The van der Waals surface area contributed by atoms with Gasteiger partial charge in [0.15, 0.2) is 0 Å². The van der Waals surface area contributed by atoms with E-state index in [0.29, 0.717) is 12.4 Å². The van der Waals surface area contributed by atoms with Gasteiger partial charge in [0, 0.05) is 11.6 Å². The fourth-order valence-corrected chi connectivity index (χ4v) is 1.91. The highest BCUT2D eigenvalue weighted by Gasteiger charge is 2.37. The molecular weight excluding hydrogens is 220 g/mol. The molecule has 4 heteroatoms. The molecular formula is C13H16O4. The molecule has 1 aliphatic heterocycles. The van der Waals surface area contributed by atoms with Crippen molar-refractivity contribution in [3.05, 3.63) is 36.4 Å². The fourth-order valence-electron chi connectivity index (χ4n) is 1.91. The highest BCUT2D eigenvalue weighted by Crippen LogP contribution is 2.39. The molecule has 1 saturated heterocycles. The van der Waals surface area contributed by atoms with Gasteiger partial charge in [-0.1, -0.05) is 12.7 Å². The first-order chi connectivity index (χ1) is 8.25. The van der Waals surface area contributed by atoms with Crippen molar-refractivity contribution >= 4 is 0 Å². The minimum absolute atomic E-state index is 0.265. The van der Waals surface area contributed by atoms with Crippen LogP contribution in [0.25, 0.3) is 0 Å². The number of rotatable bonds is 4. The lowest BCUT2D eigenvalue weighted by atomic mass is 9.93. The minimum Gasteiger partial charge on any atom is -0.497 e. The molecule has 0 radical (unpaired) electrons. The summed E-state index contributed by atoms with van der Waals surface area (Å²) in [4.78, 5) is 0. The lowest BCUT2D eigenvalue weighted by molar-refractivity contribution is 0.0144. The second kappa shape index (κ2) is 4.77. The summed E-state index contributed by atoms with van der Waals surface area (Å²) in [5, 5.41) is 0. The Kier molecular flexibility index (Phi) is 3.36. The molecule has 0 aromatic heterocycles. The number of methoxy groups -OCH3 is 2. The Bertz CT molecular complexity index is 408. The summed E-state index contributed by atoms with van der Waals surface area (Å²) in [6, 6.07) is 5.60. The number of hydrogen-bond donors (Lipinski definition) is 0. The smallest absolute Gasteiger partial charge is 0.148 e. The molecule has 0 aliphatic carbocycles. The van der Waals surface area contributed by atoms with Gasteiger partial charge < -0.3 is 18.9 Å². The first-order valence-electron chi connectivity index (χ1n) is 5.33. The number of hydrogen-bond acceptors (Lipinski definition) is 4. The molecule has 1 aromatic carbocycles. The van der Waals surface area contributed by atoms with Gasteiger partial charge >= 0.3 is 0 Å². The topological polar surface area (TPSA) is 36.9 Å². The Hall–Kier alpha value is -1.52. The summed E-state index contributed by atoms with van der Waals surface area (Å²) in [5.74, 6) is 1.44. The van der Waals surface area contributed by atoms with E-state index >= 15 is 0 Å². The zero-order chi connectivity index (χ0) is 12.3. The Balaban J connectivity index is 2.46. The van der Waals surface area contributed by atoms with E-state index < -0.39 is 5.60 Å². The van der Waals surface area contributed by atoms with Crippen LogP contribution in [0.15, 0.2) is 30.9 Å². The lowest BCUT2D eigenvalue weighted by Gasteiger charge is -2.25. The van der Waals surface area contributed by atoms with Gasteiger partial charge in [-0.15, -0.1) is 0 Å². The highest BCUT2D eigenvalue weighted by atomic mass is 16.7. The molecule has 17 heavy (non-hydrogen) atoms. The molecule has 1 aromatic rings. The largest absolute Gasteiger partial charge is 0.497 e. The minimum atomic E-state index is -0.627. The van der Waals surface area contributed by atoms with E-state index in [4.69, 9.17) is 18.9 Å². The average Bonchev–Trinajstić information content (AvgIpc) is 2.87. The molecule has 0 bridgehead atoms. The van der Waals surface area contributed by atoms with E-state index in [9.17, 15) is 0 Å². The zero-order valence-electron chi connectivity index (χ0n) is 10.1. The van der Waals surface area contributed by atoms with Gasteiger partial charge in [0.2, 0.25) is 0 Å². The van der Waals surface area contributed by atoms with Gasteiger partial charge in [-0.2, -0.15) is 0 Å². The number of benzene rings is 1. The van der Waals surface area contributed by atoms with E-state index in [0.717, 1.165) is 11.3 Å². The molecule has 0 saturated carbocycles. The second-order valence-corrected chi connectivity index (χ2v) is 3.77. The summed E-state index contributed by atoms with van der Waals surface area (Å²) in [7, 11) is 3.23. The number of ether oxygens (including phenoxy) is 4. The van der Waals surface area contributed by atoms with Crippen molar-refractivity contribution in [3.8, 4) is 11.5 Å². The second-order valence-electron chi connectivity index (χ2n) is 3.77. The third-order valence-electron chi connectivity index (χ3n) is 2.91. The monoisotopic (exact) mass is 236 g/mol. The van der Waals surface area contributed by atoms with E-state index in [1.54, 1.807) is 20.3 Å². The first kappa shape index (κ1) is 12.0. The Morgan fingerprint density at radius 2 is 2.18 bits per heavy atom. The van der Waals surface area contributed by atoms with Crippen LogP contribution >= 0.6 is 0 Å². The van der Waals surface area contributed by atoms with E-state index in [2.05, 4.69) is 6.58 Å². The van der Waals surface area contributed by atoms with Crippen LogP contribution in [0.2, 0.25) is 0 Å². The van der Waals surface area contributed by atoms with Crippen molar-refractivity contribution in [2.45, 2.75) is 5.60 Å². The predicted octanol–water partition coefficient (Wildman–Crippen LogP) is 2.09. The molecule has 0 spiro atoms. The maximum Gasteiger partial charge on any atom is 0.148 e. The molecule has 2 rings (SSSR count). The maximum atomic E-state index is 5.63. The molecule has 1 aliphatic rings. The summed E-state index contributed by atoms with van der Waals surface area (Å²) < 4.78 is 21.4. The van der Waals surface area contributed by atoms with Gasteiger partial charge in [0.25, 0.3) is 0 Å². The van der Waals surface area contributed by atoms with Crippen LogP contribution in [0.5, 0.6) is 11.5 Å². The van der Waals surface area contributed by atoms with Gasteiger partial charge in [-0.05, 0) is 12.1 Å². The SMILES string of the molecule is C=C[C@@]1(c2ccc(OC)cc2OC)COCO1. The predicted molar refractivity (Wildman–Crippen MR) is 63.3 cm³/mol. The van der Waals surface area contributed by atoms with Crippen LogP contribution < -0.4 is 9.47 Å². The van der Waals surface area contributed by atoms with Crippen molar-refractivity contribution in [2.24, 2.45) is 0 Å².